The molecule has 7 heteroatoms. The highest BCUT2D eigenvalue weighted by Crippen LogP contribution is 2.17. The number of halogens is 1. The van der Waals surface area contributed by atoms with Gasteiger partial charge in [-0.2, -0.15) is 5.10 Å². The molecule has 1 atom stereocenters. The van der Waals surface area contributed by atoms with Crippen LogP contribution in [-0.4, -0.2) is 28.8 Å². The number of hydrogen-bond acceptors (Lipinski definition) is 4. The number of benzene rings is 1. The van der Waals surface area contributed by atoms with E-state index in [1.54, 1.807) is 47.5 Å². The molecule has 2 aromatic heterocycles. The Morgan fingerprint density at radius 2 is 2.12 bits per heavy atom. The Labute approximate surface area is 144 Å². The molecular weight excluding hydrogens is 330 g/mol. The SMILES string of the molecule is O=C(COc1ccc(Cl)cc1)NCC(c1ccco1)n1cccn1. The van der Waals surface area contributed by atoms with Gasteiger partial charge in [0.25, 0.3) is 5.91 Å². The number of nitrogens with zero attached hydrogens (tertiary/aromatic N) is 2. The molecule has 1 N–H and O–H groups in total. The molecule has 6 nitrogen and oxygen atoms in total. The summed E-state index contributed by atoms with van der Waals surface area (Å²) in [6.45, 7) is 0.267. The van der Waals surface area contributed by atoms with Gasteiger partial charge in [0.15, 0.2) is 6.61 Å². The Morgan fingerprint density at radius 1 is 1.29 bits per heavy atom. The molecule has 2 heterocycles. The fourth-order valence-electron chi connectivity index (χ4n) is 2.21. The predicted octanol–water partition coefficient (Wildman–Crippen LogP) is 2.91. The monoisotopic (exact) mass is 345 g/mol. The number of hydrogen-bond donors (Lipinski definition) is 1. The number of nitrogens with one attached hydrogen (secondary N) is 1. The zero-order chi connectivity index (χ0) is 16.8. The van der Waals surface area contributed by atoms with E-state index in [-0.39, 0.29) is 18.6 Å². The second kappa shape index (κ2) is 7.70. The van der Waals surface area contributed by atoms with Crippen LogP contribution in [0.25, 0.3) is 0 Å². The molecule has 1 aromatic carbocycles. The van der Waals surface area contributed by atoms with Gasteiger partial charge in [0.05, 0.1) is 6.26 Å². The van der Waals surface area contributed by atoms with Crippen LogP contribution in [0.4, 0.5) is 0 Å². The summed E-state index contributed by atoms with van der Waals surface area (Å²) in [6, 6.07) is 12.1. The molecule has 0 aliphatic carbocycles. The molecule has 0 saturated carbocycles. The Morgan fingerprint density at radius 3 is 2.79 bits per heavy atom. The fourth-order valence-corrected chi connectivity index (χ4v) is 2.34. The van der Waals surface area contributed by atoms with Gasteiger partial charge in [-0.3, -0.25) is 9.48 Å². The Kier molecular flexibility index (Phi) is 5.18. The largest absolute Gasteiger partial charge is 0.484 e. The zero-order valence-electron chi connectivity index (χ0n) is 12.8. The van der Waals surface area contributed by atoms with Gasteiger partial charge in [0, 0.05) is 24.0 Å². The lowest BCUT2D eigenvalue weighted by atomic mass is 10.2. The minimum Gasteiger partial charge on any atom is -0.484 e. The highest BCUT2D eigenvalue weighted by atomic mass is 35.5. The number of carbonyl (C=O) groups excluding carboxylic acids is 1. The zero-order valence-corrected chi connectivity index (χ0v) is 13.5. The average molecular weight is 346 g/mol. The molecule has 3 rings (SSSR count). The summed E-state index contributed by atoms with van der Waals surface area (Å²) in [5, 5.41) is 7.66. The molecule has 0 aliphatic rings. The van der Waals surface area contributed by atoms with E-state index in [0.29, 0.717) is 17.3 Å². The third kappa shape index (κ3) is 4.17. The van der Waals surface area contributed by atoms with Crippen LogP contribution in [-0.2, 0) is 4.79 Å². The van der Waals surface area contributed by atoms with E-state index in [0.717, 1.165) is 5.76 Å². The Hall–Kier alpha value is -2.73. The summed E-state index contributed by atoms with van der Waals surface area (Å²) in [6.07, 6.45) is 5.10. The van der Waals surface area contributed by atoms with Crippen molar-refractivity contribution in [2.45, 2.75) is 6.04 Å². The minimum atomic E-state index is -0.228. The Bertz CT molecular complexity index is 721. The number of amides is 1. The van der Waals surface area contributed by atoms with Crippen molar-refractivity contribution in [3.63, 3.8) is 0 Å². The van der Waals surface area contributed by atoms with Gasteiger partial charge in [-0.25, -0.2) is 0 Å². The summed E-state index contributed by atoms with van der Waals surface area (Å²) in [5.74, 6) is 1.08. The first-order chi connectivity index (χ1) is 11.7. The van der Waals surface area contributed by atoms with E-state index >= 15 is 0 Å². The molecule has 0 aliphatic heterocycles. The summed E-state index contributed by atoms with van der Waals surface area (Å²) in [4.78, 5) is 12.0. The van der Waals surface area contributed by atoms with Crippen LogP contribution in [0.15, 0.2) is 65.5 Å². The maximum absolute atomic E-state index is 12.0. The number of ether oxygens (including phenoxy) is 1. The lowest BCUT2D eigenvalue weighted by Gasteiger charge is -2.16. The molecule has 3 aromatic rings. The maximum atomic E-state index is 12.0. The second-order valence-corrected chi connectivity index (χ2v) is 5.50. The van der Waals surface area contributed by atoms with Crippen molar-refractivity contribution in [3.8, 4) is 5.75 Å². The molecule has 1 unspecified atom stereocenters. The van der Waals surface area contributed by atoms with Crippen LogP contribution in [0.3, 0.4) is 0 Å². The number of carbonyl (C=O) groups is 1. The molecule has 0 radical (unpaired) electrons. The van der Waals surface area contributed by atoms with Gasteiger partial charge in [-0.1, -0.05) is 11.6 Å². The van der Waals surface area contributed by atoms with E-state index in [4.69, 9.17) is 20.8 Å². The lowest BCUT2D eigenvalue weighted by Crippen LogP contribution is -2.34. The third-order valence-electron chi connectivity index (χ3n) is 3.39. The Balaban J connectivity index is 1.54. The van der Waals surface area contributed by atoms with Gasteiger partial charge < -0.3 is 14.5 Å². The molecule has 24 heavy (non-hydrogen) atoms. The highest BCUT2D eigenvalue weighted by molar-refractivity contribution is 6.30. The van der Waals surface area contributed by atoms with Gasteiger partial charge >= 0.3 is 0 Å². The van der Waals surface area contributed by atoms with E-state index in [1.807, 2.05) is 18.3 Å². The molecule has 0 spiro atoms. The minimum absolute atomic E-state index is 0.0778. The van der Waals surface area contributed by atoms with Gasteiger partial charge in [0.2, 0.25) is 0 Å². The van der Waals surface area contributed by atoms with Gasteiger partial charge in [0.1, 0.15) is 17.6 Å². The fraction of sp³-hybridized carbons (Fsp3) is 0.176. The number of aromatic nitrogens is 2. The second-order valence-electron chi connectivity index (χ2n) is 5.06. The topological polar surface area (TPSA) is 69.3 Å². The first kappa shape index (κ1) is 16.1. The number of rotatable bonds is 7. The summed E-state index contributed by atoms with van der Waals surface area (Å²) in [7, 11) is 0. The van der Waals surface area contributed by atoms with Crippen molar-refractivity contribution in [1.82, 2.24) is 15.1 Å². The first-order valence-electron chi connectivity index (χ1n) is 7.40. The van der Waals surface area contributed by atoms with E-state index in [1.165, 1.54) is 0 Å². The quantitative estimate of drug-likeness (QED) is 0.714. The predicted molar refractivity (Wildman–Crippen MR) is 89.0 cm³/mol. The van der Waals surface area contributed by atoms with Crippen LogP contribution >= 0.6 is 11.6 Å². The third-order valence-corrected chi connectivity index (χ3v) is 3.64. The van der Waals surface area contributed by atoms with Crippen LogP contribution < -0.4 is 10.1 Å². The molecular formula is C17H16ClN3O3. The molecule has 0 fully saturated rings. The number of furan rings is 1. The summed E-state index contributed by atoms with van der Waals surface area (Å²) >= 11 is 5.80. The van der Waals surface area contributed by atoms with Crippen LogP contribution in [0.1, 0.15) is 11.8 Å². The maximum Gasteiger partial charge on any atom is 0.258 e. The molecule has 1 amide bonds. The van der Waals surface area contributed by atoms with Gasteiger partial charge in [-0.15, -0.1) is 0 Å². The van der Waals surface area contributed by atoms with Crippen molar-refractivity contribution in [3.05, 3.63) is 71.9 Å². The van der Waals surface area contributed by atoms with Crippen LogP contribution in [0, 0.1) is 0 Å². The van der Waals surface area contributed by atoms with Gasteiger partial charge in [-0.05, 0) is 42.5 Å². The lowest BCUT2D eigenvalue weighted by molar-refractivity contribution is -0.123. The van der Waals surface area contributed by atoms with Crippen molar-refractivity contribution < 1.29 is 13.9 Å². The molecule has 0 saturated heterocycles. The van der Waals surface area contributed by atoms with Crippen LogP contribution in [0.5, 0.6) is 5.75 Å². The summed E-state index contributed by atoms with van der Waals surface area (Å²) in [5.41, 5.74) is 0. The van der Waals surface area contributed by atoms with Crippen molar-refractivity contribution in [1.29, 1.82) is 0 Å². The van der Waals surface area contributed by atoms with E-state index in [2.05, 4.69) is 10.4 Å². The van der Waals surface area contributed by atoms with Crippen molar-refractivity contribution in [2.75, 3.05) is 13.2 Å². The van der Waals surface area contributed by atoms with E-state index < -0.39 is 0 Å². The average Bonchev–Trinajstić information content (AvgIpc) is 3.29. The smallest absolute Gasteiger partial charge is 0.258 e. The first-order valence-corrected chi connectivity index (χ1v) is 7.78. The normalized spacial score (nSPS) is 11.9. The molecule has 0 bridgehead atoms. The van der Waals surface area contributed by atoms with Crippen LogP contribution in [0.2, 0.25) is 5.02 Å². The van der Waals surface area contributed by atoms with Crippen molar-refractivity contribution >= 4 is 17.5 Å². The molecule has 124 valence electrons. The highest BCUT2D eigenvalue weighted by Gasteiger charge is 2.18. The van der Waals surface area contributed by atoms with E-state index in [9.17, 15) is 4.79 Å². The van der Waals surface area contributed by atoms with Crippen molar-refractivity contribution in [2.24, 2.45) is 0 Å². The summed E-state index contributed by atoms with van der Waals surface area (Å²) < 4.78 is 12.6. The standard InChI is InChI=1S/C17H16ClN3O3/c18-13-4-6-14(7-5-13)24-12-17(22)19-11-15(16-3-1-10-23-16)21-9-2-8-20-21/h1-10,15H,11-12H2,(H,19,22).